The van der Waals surface area contributed by atoms with Gasteiger partial charge in [0.25, 0.3) is 0 Å². The van der Waals surface area contributed by atoms with Crippen LogP contribution >= 0.6 is 0 Å². The third-order valence-corrected chi connectivity index (χ3v) is 8.10. The minimum atomic E-state index is -2.22. The second-order valence-corrected chi connectivity index (χ2v) is 9.80. The van der Waals surface area contributed by atoms with E-state index in [-0.39, 0.29) is 36.2 Å². The summed E-state index contributed by atoms with van der Waals surface area (Å²) in [4.78, 5) is 13.6. The van der Waals surface area contributed by atoms with E-state index in [1.54, 1.807) is 31.2 Å². The van der Waals surface area contributed by atoms with E-state index in [9.17, 15) is 15.0 Å². The molecule has 5 atom stereocenters. The maximum atomic E-state index is 13.6. The van der Waals surface area contributed by atoms with Gasteiger partial charge in [0.1, 0.15) is 11.9 Å². The molecule has 2 N–H and O–H groups in total. The Hall–Kier alpha value is -4.15. The molecular formula is C30H30O10. The Morgan fingerprint density at radius 2 is 1.73 bits per heavy atom. The van der Waals surface area contributed by atoms with Crippen LogP contribution in [0, 0.1) is 5.92 Å². The van der Waals surface area contributed by atoms with E-state index < -0.39 is 35.1 Å². The van der Waals surface area contributed by atoms with Gasteiger partial charge >= 0.3 is 5.97 Å². The maximum Gasteiger partial charge on any atom is 0.312 e. The van der Waals surface area contributed by atoms with Crippen molar-refractivity contribution in [1.29, 1.82) is 0 Å². The van der Waals surface area contributed by atoms with Gasteiger partial charge in [-0.05, 0) is 24.6 Å². The van der Waals surface area contributed by atoms with Gasteiger partial charge in [-0.3, -0.25) is 4.79 Å². The third-order valence-electron chi connectivity index (χ3n) is 8.10. The standard InChI is InChI=1S/C30H30O10/c1-5-37-28(32)22-23(16-9-7-6-8-10-16)30(17-11-12-18(34-2)19(13-17)35-3)29(33,27(22)31)24-20(40-30)14-21-25(26(24)36-4)39-15-38-21/h6-14,22-23,27,31,33H,5,15H2,1-4H3/t22-,23-,27-,29+,30+/m1/s1. The Kier molecular flexibility index (Phi) is 6.19. The average Bonchev–Trinajstić information content (AvgIpc) is 3.60. The highest BCUT2D eigenvalue weighted by atomic mass is 16.7. The summed E-state index contributed by atoms with van der Waals surface area (Å²) in [5.41, 5.74) is -2.74. The van der Waals surface area contributed by atoms with E-state index in [1.807, 2.05) is 30.3 Å². The predicted octanol–water partition coefficient (Wildman–Crippen LogP) is 3.25. The summed E-state index contributed by atoms with van der Waals surface area (Å²) in [6, 6.07) is 15.8. The minimum Gasteiger partial charge on any atom is -0.493 e. The van der Waals surface area contributed by atoms with Gasteiger partial charge in [-0.2, -0.15) is 0 Å². The summed E-state index contributed by atoms with van der Waals surface area (Å²) in [6.07, 6.45) is -1.68. The number of methoxy groups -OCH3 is 3. The fourth-order valence-corrected chi connectivity index (χ4v) is 6.56. The zero-order valence-corrected chi connectivity index (χ0v) is 22.5. The fraction of sp³-hybridized carbons (Fsp3) is 0.367. The number of rotatable bonds is 7. The first-order chi connectivity index (χ1) is 19.4. The van der Waals surface area contributed by atoms with Crippen LogP contribution in [0.3, 0.4) is 0 Å². The topological polar surface area (TPSA) is 122 Å². The molecule has 1 fully saturated rings. The van der Waals surface area contributed by atoms with Crippen LogP contribution in [-0.2, 0) is 20.7 Å². The number of hydrogen-bond donors (Lipinski definition) is 2. The number of esters is 1. The van der Waals surface area contributed by atoms with E-state index in [1.165, 1.54) is 21.3 Å². The van der Waals surface area contributed by atoms with Crippen LogP contribution in [-0.4, -0.2) is 57.0 Å². The number of fused-ring (bicyclic) bond motifs is 4. The minimum absolute atomic E-state index is 0.0471. The van der Waals surface area contributed by atoms with Gasteiger partial charge in [-0.1, -0.05) is 36.4 Å². The summed E-state index contributed by atoms with van der Waals surface area (Å²) in [5.74, 6) is -0.973. The SMILES string of the molecule is CCOC(=O)[C@H]1[C@@H](O)[C@@]2(O)c3c(cc4c(c3OC)OCO4)O[C@@]2(c2ccc(OC)c(OC)c2)[C@@H]1c1ccccc1. The molecule has 0 radical (unpaired) electrons. The molecule has 3 aromatic carbocycles. The average molecular weight is 551 g/mol. The van der Waals surface area contributed by atoms with Crippen molar-refractivity contribution >= 4 is 5.97 Å². The van der Waals surface area contributed by atoms with Crippen LogP contribution in [0.2, 0.25) is 0 Å². The smallest absolute Gasteiger partial charge is 0.312 e. The number of aliphatic hydroxyl groups is 2. The van der Waals surface area contributed by atoms with Crippen LogP contribution in [0.15, 0.2) is 54.6 Å². The van der Waals surface area contributed by atoms with Crippen molar-refractivity contribution in [3.05, 3.63) is 71.3 Å². The quantitative estimate of drug-likeness (QED) is 0.424. The number of benzene rings is 3. The highest BCUT2D eigenvalue weighted by Gasteiger charge is 2.78. The lowest BCUT2D eigenvalue weighted by atomic mass is 9.70. The predicted molar refractivity (Wildman–Crippen MR) is 140 cm³/mol. The van der Waals surface area contributed by atoms with Gasteiger partial charge in [0.15, 0.2) is 34.2 Å². The molecule has 1 aliphatic carbocycles. The van der Waals surface area contributed by atoms with Crippen molar-refractivity contribution in [2.45, 2.75) is 30.1 Å². The normalized spacial score (nSPS) is 27.4. The van der Waals surface area contributed by atoms with Gasteiger partial charge < -0.3 is 43.4 Å². The molecule has 0 unspecified atom stereocenters. The number of carbonyl (C=O) groups is 1. The molecule has 3 aliphatic rings. The van der Waals surface area contributed by atoms with E-state index >= 15 is 0 Å². The van der Waals surface area contributed by atoms with Gasteiger partial charge in [-0.25, -0.2) is 0 Å². The molecule has 10 nitrogen and oxygen atoms in total. The Morgan fingerprint density at radius 1 is 0.975 bits per heavy atom. The first kappa shape index (κ1) is 26.1. The van der Waals surface area contributed by atoms with Crippen LogP contribution in [0.25, 0.3) is 0 Å². The van der Waals surface area contributed by atoms with Gasteiger partial charge in [-0.15, -0.1) is 0 Å². The van der Waals surface area contributed by atoms with Gasteiger partial charge in [0, 0.05) is 17.5 Å². The molecule has 0 aromatic heterocycles. The molecule has 3 aromatic rings. The molecule has 1 saturated carbocycles. The second kappa shape index (κ2) is 9.50. The molecule has 0 spiro atoms. The largest absolute Gasteiger partial charge is 0.493 e. The Labute approximate surface area is 230 Å². The molecule has 0 bridgehead atoms. The molecule has 6 rings (SSSR count). The Bertz CT molecular complexity index is 1460. The Morgan fingerprint density at radius 3 is 2.40 bits per heavy atom. The van der Waals surface area contributed by atoms with E-state index in [2.05, 4.69) is 0 Å². The van der Waals surface area contributed by atoms with Crippen LogP contribution in [0.4, 0.5) is 0 Å². The molecule has 0 saturated heterocycles. The maximum absolute atomic E-state index is 13.6. The van der Waals surface area contributed by atoms with Crippen LogP contribution < -0.4 is 28.4 Å². The van der Waals surface area contributed by atoms with Gasteiger partial charge in [0.2, 0.25) is 12.5 Å². The molecule has 40 heavy (non-hydrogen) atoms. The summed E-state index contributed by atoms with van der Waals surface area (Å²) in [5, 5.41) is 25.1. The van der Waals surface area contributed by atoms with E-state index in [0.717, 1.165) is 0 Å². The highest BCUT2D eigenvalue weighted by Crippen LogP contribution is 2.72. The zero-order chi connectivity index (χ0) is 28.2. The Balaban J connectivity index is 1.71. The molecule has 210 valence electrons. The summed E-state index contributed by atoms with van der Waals surface area (Å²) in [7, 11) is 4.44. The molecule has 2 aliphatic heterocycles. The first-order valence-corrected chi connectivity index (χ1v) is 12.9. The number of ether oxygens (including phenoxy) is 7. The zero-order valence-electron chi connectivity index (χ0n) is 22.5. The lowest BCUT2D eigenvalue weighted by molar-refractivity contribution is -0.162. The van der Waals surface area contributed by atoms with E-state index in [4.69, 9.17) is 33.2 Å². The lowest BCUT2D eigenvalue weighted by Crippen LogP contribution is -2.52. The molecule has 2 heterocycles. The van der Waals surface area contributed by atoms with Crippen molar-refractivity contribution in [2.75, 3.05) is 34.7 Å². The van der Waals surface area contributed by atoms with Crippen molar-refractivity contribution < 1.29 is 48.2 Å². The van der Waals surface area contributed by atoms with E-state index in [0.29, 0.717) is 28.4 Å². The summed E-state index contributed by atoms with van der Waals surface area (Å²) < 4.78 is 40.4. The van der Waals surface area contributed by atoms with Crippen molar-refractivity contribution in [1.82, 2.24) is 0 Å². The first-order valence-electron chi connectivity index (χ1n) is 12.9. The molecule has 0 amide bonds. The number of carbonyl (C=O) groups excluding carboxylic acids is 1. The van der Waals surface area contributed by atoms with Crippen LogP contribution in [0.5, 0.6) is 34.5 Å². The van der Waals surface area contributed by atoms with Crippen LogP contribution in [0.1, 0.15) is 29.5 Å². The number of hydrogen-bond acceptors (Lipinski definition) is 10. The molecular weight excluding hydrogens is 520 g/mol. The van der Waals surface area contributed by atoms with Gasteiger partial charge in [0.05, 0.1) is 39.4 Å². The molecule has 10 heteroatoms. The number of aliphatic hydroxyl groups excluding tert-OH is 1. The summed E-state index contributed by atoms with van der Waals surface area (Å²) >= 11 is 0. The second-order valence-electron chi connectivity index (χ2n) is 9.80. The van der Waals surface area contributed by atoms with Crippen molar-refractivity contribution in [3.63, 3.8) is 0 Å². The monoisotopic (exact) mass is 550 g/mol. The lowest BCUT2D eigenvalue weighted by Gasteiger charge is -2.41. The highest BCUT2D eigenvalue weighted by molar-refractivity contribution is 5.79. The fourth-order valence-electron chi connectivity index (χ4n) is 6.56. The summed E-state index contributed by atoms with van der Waals surface area (Å²) in [6.45, 7) is 1.73. The van der Waals surface area contributed by atoms with Crippen molar-refractivity contribution in [2.24, 2.45) is 5.92 Å². The third kappa shape index (κ3) is 3.26. The van der Waals surface area contributed by atoms with Crippen molar-refractivity contribution in [3.8, 4) is 34.5 Å².